The van der Waals surface area contributed by atoms with Crippen molar-refractivity contribution in [3.8, 4) is 0 Å². The fourth-order valence-electron chi connectivity index (χ4n) is 1.72. The minimum atomic E-state index is 0.182. The monoisotopic (exact) mass is 203 g/mol. The fourth-order valence-corrected chi connectivity index (χ4v) is 1.72. The minimum Gasteiger partial charge on any atom is -0.374 e. The smallest absolute Gasteiger partial charge is 0.137 e. The molecule has 2 aromatic rings. The van der Waals surface area contributed by atoms with Crippen LogP contribution >= 0.6 is 0 Å². The molecule has 0 aliphatic rings. The zero-order valence-electron chi connectivity index (χ0n) is 9.10. The van der Waals surface area contributed by atoms with Crippen LogP contribution in [0.3, 0.4) is 0 Å². The molecule has 0 saturated heterocycles. The zero-order chi connectivity index (χ0) is 10.7. The van der Waals surface area contributed by atoms with Gasteiger partial charge in [-0.2, -0.15) is 0 Å². The van der Waals surface area contributed by atoms with Gasteiger partial charge in [0, 0.05) is 19.0 Å². The molecule has 0 amide bonds. The van der Waals surface area contributed by atoms with Crippen LogP contribution < -0.4 is 0 Å². The summed E-state index contributed by atoms with van der Waals surface area (Å²) in [5.74, 6) is 0. The molecule has 79 valence electrons. The van der Waals surface area contributed by atoms with Gasteiger partial charge in [0.15, 0.2) is 0 Å². The van der Waals surface area contributed by atoms with E-state index in [0.717, 1.165) is 18.7 Å². The maximum atomic E-state index is 5.66. The lowest BCUT2D eigenvalue weighted by atomic mass is 10.1. The Morgan fingerprint density at radius 2 is 2.33 bits per heavy atom. The highest BCUT2D eigenvalue weighted by Crippen LogP contribution is 2.20. The van der Waals surface area contributed by atoms with E-state index in [1.165, 1.54) is 5.56 Å². The lowest BCUT2D eigenvalue weighted by Crippen LogP contribution is -2.03. The molecule has 2 heterocycles. The number of nitrogens with zero attached hydrogens (tertiary/aromatic N) is 2. The van der Waals surface area contributed by atoms with Crippen molar-refractivity contribution < 1.29 is 4.74 Å². The van der Waals surface area contributed by atoms with Gasteiger partial charge in [-0.1, -0.05) is 13.0 Å². The Hall–Kier alpha value is -1.35. The summed E-state index contributed by atoms with van der Waals surface area (Å²) in [6.07, 6.45) is 7.88. The molecule has 2 aromatic heterocycles. The van der Waals surface area contributed by atoms with Crippen LogP contribution in [0.25, 0.3) is 5.65 Å². The van der Waals surface area contributed by atoms with E-state index < -0.39 is 0 Å². The molecule has 0 aromatic carbocycles. The third-order valence-electron chi connectivity index (χ3n) is 2.46. The van der Waals surface area contributed by atoms with Crippen molar-refractivity contribution in [3.05, 3.63) is 36.3 Å². The van der Waals surface area contributed by atoms with Crippen LogP contribution in [0, 0.1) is 6.20 Å². The summed E-state index contributed by atoms with van der Waals surface area (Å²) in [4.78, 5) is 4.09. The quantitative estimate of drug-likeness (QED) is 0.763. The maximum Gasteiger partial charge on any atom is 0.137 e. The number of ether oxygens (including phenoxy) is 1. The second-order valence-corrected chi connectivity index (χ2v) is 3.45. The lowest BCUT2D eigenvalue weighted by molar-refractivity contribution is 0.0595. The molecule has 0 saturated carbocycles. The molecule has 1 radical (unpaired) electrons. The Morgan fingerprint density at radius 3 is 3.07 bits per heavy atom. The Balaban J connectivity index is 2.33. The summed E-state index contributed by atoms with van der Waals surface area (Å²) in [6, 6.07) is 4.06. The van der Waals surface area contributed by atoms with E-state index in [4.69, 9.17) is 4.74 Å². The third kappa shape index (κ3) is 2.02. The van der Waals surface area contributed by atoms with Gasteiger partial charge in [0.2, 0.25) is 0 Å². The summed E-state index contributed by atoms with van der Waals surface area (Å²) in [6.45, 7) is 4.89. The average molecular weight is 203 g/mol. The number of rotatable bonds is 4. The summed E-state index contributed by atoms with van der Waals surface area (Å²) in [7, 11) is 0. The van der Waals surface area contributed by atoms with Crippen LogP contribution in [-0.4, -0.2) is 16.0 Å². The largest absolute Gasteiger partial charge is 0.374 e. The SMILES string of the molecule is CCOC(CC)c1ccc2n[c]cn2c1. The second kappa shape index (κ2) is 4.45. The normalized spacial score (nSPS) is 13.2. The second-order valence-electron chi connectivity index (χ2n) is 3.45. The topological polar surface area (TPSA) is 26.5 Å². The van der Waals surface area contributed by atoms with Crippen molar-refractivity contribution >= 4 is 5.65 Å². The zero-order valence-corrected chi connectivity index (χ0v) is 9.10. The minimum absolute atomic E-state index is 0.182. The predicted octanol–water partition coefficient (Wildman–Crippen LogP) is 2.62. The van der Waals surface area contributed by atoms with Crippen molar-refractivity contribution in [1.29, 1.82) is 0 Å². The number of aromatic nitrogens is 2. The first-order valence-corrected chi connectivity index (χ1v) is 5.31. The fraction of sp³-hybridized carbons (Fsp3) is 0.417. The van der Waals surface area contributed by atoms with Crippen LogP contribution in [0.2, 0.25) is 0 Å². The number of imidazole rings is 1. The highest BCUT2D eigenvalue weighted by Gasteiger charge is 2.09. The van der Waals surface area contributed by atoms with Gasteiger partial charge in [-0.3, -0.25) is 0 Å². The summed E-state index contributed by atoms with van der Waals surface area (Å²) in [5, 5.41) is 0. The van der Waals surface area contributed by atoms with Gasteiger partial charge in [0.05, 0.1) is 6.10 Å². The molecule has 0 bridgehead atoms. The van der Waals surface area contributed by atoms with Gasteiger partial charge >= 0.3 is 0 Å². The predicted molar refractivity (Wildman–Crippen MR) is 58.7 cm³/mol. The van der Waals surface area contributed by atoms with E-state index in [9.17, 15) is 0 Å². The standard InChI is InChI=1S/C12H15N2O/c1-3-11(15-4-2)10-5-6-12-13-7-8-14(12)9-10/h5-6,8-9,11H,3-4H2,1-2H3. The molecule has 1 unspecified atom stereocenters. The van der Waals surface area contributed by atoms with Crippen LogP contribution in [0.1, 0.15) is 31.9 Å². The first-order valence-electron chi connectivity index (χ1n) is 5.31. The van der Waals surface area contributed by atoms with E-state index in [0.29, 0.717) is 0 Å². The number of fused-ring (bicyclic) bond motifs is 1. The van der Waals surface area contributed by atoms with Crippen molar-refractivity contribution in [1.82, 2.24) is 9.38 Å². The molecule has 15 heavy (non-hydrogen) atoms. The Morgan fingerprint density at radius 1 is 1.47 bits per heavy atom. The molecule has 3 nitrogen and oxygen atoms in total. The highest BCUT2D eigenvalue weighted by atomic mass is 16.5. The van der Waals surface area contributed by atoms with Gasteiger partial charge < -0.3 is 9.14 Å². The molecule has 0 spiro atoms. The summed E-state index contributed by atoms with van der Waals surface area (Å²) >= 11 is 0. The summed E-state index contributed by atoms with van der Waals surface area (Å²) in [5.41, 5.74) is 2.11. The van der Waals surface area contributed by atoms with E-state index in [1.807, 2.05) is 23.6 Å². The van der Waals surface area contributed by atoms with Gasteiger partial charge in [0.1, 0.15) is 11.8 Å². The highest BCUT2D eigenvalue weighted by molar-refractivity contribution is 5.39. The van der Waals surface area contributed by atoms with Crippen LogP contribution in [0.4, 0.5) is 0 Å². The molecule has 3 heteroatoms. The average Bonchev–Trinajstić information content (AvgIpc) is 2.72. The molecule has 0 fully saturated rings. The summed E-state index contributed by atoms with van der Waals surface area (Å²) < 4.78 is 7.63. The molecule has 2 rings (SSSR count). The molecule has 1 atom stereocenters. The maximum absolute atomic E-state index is 5.66. The number of hydrogen-bond donors (Lipinski definition) is 0. The Labute approximate surface area is 89.7 Å². The number of pyridine rings is 1. The van der Waals surface area contributed by atoms with Gasteiger partial charge in [-0.15, -0.1) is 0 Å². The van der Waals surface area contributed by atoms with Crippen molar-refractivity contribution in [3.63, 3.8) is 0 Å². The van der Waals surface area contributed by atoms with Crippen molar-refractivity contribution in [2.45, 2.75) is 26.4 Å². The molecule has 0 aliphatic carbocycles. The first kappa shape index (κ1) is 10.2. The van der Waals surface area contributed by atoms with E-state index in [-0.39, 0.29) is 6.10 Å². The van der Waals surface area contributed by atoms with E-state index in [2.05, 4.69) is 30.4 Å². The Bertz CT molecular complexity index is 436. The third-order valence-corrected chi connectivity index (χ3v) is 2.46. The number of hydrogen-bond acceptors (Lipinski definition) is 2. The van der Waals surface area contributed by atoms with Gasteiger partial charge in [0.25, 0.3) is 0 Å². The van der Waals surface area contributed by atoms with Gasteiger partial charge in [-0.25, -0.2) is 4.98 Å². The lowest BCUT2D eigenvalue weighted by Gasteiger charge is -2.15. The molecule has 0 N–H and O–H groups in total. The first-order chi connectivity index (χ1) is 7.35. The van der Waals surface area contributed by atoms with E-state index in [1.54, 1.807) is 0 Å². The van der Waals surface area contributed by atoms with Crippen molar-refractivity contribution in [2.24, 2.45) is 0 Å². The van der Waals surface area contributed by atoms with Crippen LogP contribution in [0.5, 0.6) is 0 Å². The van der Waals surface area contributed by atoms with E-state index >= 15 is 0 Å². The molecular weight excluding hydrogens is 188 g/mol. The van der Waals surface area contributed by atoms with Crippen LogP contribution in [0.15, 0.2) is 24.5 Å². The van der Waals surface area contributed by atoms with Crippen LogP contribution in [-0.2, 0) is 4.74 Å². The molecule has 0 aliphatic heterocycles. The van der Waals surface area contributed by atoms with Gasteiger partial charge in [-0.05, 0) is 25.0 Å². The molecular formula is C12H15N2O. The Kier molecular flexibility index (Phi) is 3.02. The van der Waals surface area contributed by atoms with Crippen molar-refractivity contribution in [2.75, 3.05) is 6.61 Å².